The number of pyridine rings is 1. The summed E-state index contributed by atoms with van der Waals surface area (Å²) in [5.74, 6) is 0.772. The fraction of sp³-hybridized carbons (Fsp3) is 0.643. The zero-order chi connectivity index (χ0) is 11.8. The van der Waals surface area contributed by atoms with Crippen LogP contribution in [0, 0.1) is 5.92 Å². The highest BCUT2D eigenvalue weighted by Gasteiger charge is 2.13. The molecule has 1 rings (SSSR count). The predicted molar refractivity (Wildman–Crippen MR) is 69.3 cm³/mol. The van der Waals surface area contributed by atoms with Crippen LogP contribution in [-0.4, -0.2) is 11.5 Å². The fourth-order valence-corrected chi connectivity index (χ4v) is 2.18. The minimum absolute atomic E-state index is 0.459. The first-order valence-electron chi connectivity index (χ1n) is 6.41. The smallest absolute Gasteiger partial charge is 0.0337 e. The quantitative estimate of drug-likeness (QED) is 0.760. The van der Waals surface area contributed by atoms with Gasteiger partial charge in [-0.3, -0.25) is 4.98 Å². The van der Waals surface area contributed by atoms with E-state index in [-0.39, 0.29) is 0 Å². The lowest BCUT2D eigenvalue weighted by atomic mass is 9.94. The summed E-state index contributed by atoms with van der Waals surface area (Å²) in [5, 5.41) is 3.55. The Hall–Kier alpha value is -0.890. The predicted octanol–water partition coefficient (Wildman–Crippen LogP) is 3.56. The first-order chi connectivity index (χ1) is 7.77. The molecule has 1 N–H and O–H groups in total. The number of nitrogens with one attached hydrogen (secondary N) is 1. The van der Waals surface area contributed by atoms with Crippen molar-refractivity contribution in [1.29, 1.82) is 0 Å². The maximum Gasteiger partial charge on any atom is 0.0337 e. The number of hydrogen-bond donors (Lipinski definition) is 1. The molecule has 1 aromatic rings. The van der Waals surface area contributed by atoms with Crippen molar-refractivity contribution in [3.63, 3.8) is 0 Å². The van der Waals surface area contributed by atoms with Crippen molar-refractivity contribution in [2.45, 2.75) is 46.1 Å². The lowest BCUT2D eigenvalue weighted by Gasteiger charge is -2.21. The summed E-state index contributed by atoms with van der Waals surface area (Å²) >= 11 is 0. The van der Waals surface area contributed by atoms with Crippen LogP contribution in [0.5, 0.6) is 0 Å². The maximum absolute atomic E-state index is 4.20. The summed E-state index contributed by atoms with van der Waals surface area (Å²) in [4.78, 5) is 4.20. The van der Waals surface area contributed by atoms with Crippen molar-refractivity contribution >= 4 is 0 Å². The molecule has 0 aliphatic heterocycles. The van der Waals surface area contributed by atoms with E-state index >= 15 is 0 Å². The van der Waals surface area contributed by atoms with Gasteiger partial charge in [-0.2, -0.15) is 0 Å². The van der Waals surface area contributed by atoms with Crippen LogP contribution < -0.4 is 5.32 Å². The van der Waals surface area contributed by atoms with Crippen LogP contribution in [0.3, 0.4) is 0 Å². The van der Waals surface area contributed by atoms with Crippen LogP contribution in [0.2, 0.25) is 0 Å². The standard InChI is InChI=1S/C14H24N2/c1-4-7-12(3)10-14(16-5-2)13-8-6-9-15-11-13/h6,8-9,11-12,14,16H,4-5,7,10H2,1-3H3. The molecule has 2 nitrogen and oxygen atoms in total. The molecule has 0 fully saturated rings. The average molecular weight is 220 g/mol. The van der Waals surface area contributed by atoms with Crippen molar-refractivity contribution in [2.75, 3.05) is 6.54 Å². The molecule has 1 heterocycles. The Bertz CT molecular complexity index is 271. The highest BCUT2D eigenvalue weighted by atomic mass is 14.9. The molecule has 2 atom stereocenters. The second-order valence-corrected chi connectivity index (χ2v) is 4.53. The summed E-state index contributed by atoms with van der Waals surface area (Å²) in [6, 6.07) is 4.64. The summed E-state index contributed by atoms with van der Waals surface area (Å²) in [5.41, 5.74) is 1.31. The van der Waals surface area contributed by atoms with Crippen LogP contribution >= 0.6 is 0 Å². The molecule has 2 unspecified atom stereocenters. The Morgan fingerprint density at radius 3 is 2.75 bits per heavy atom. The van der Waals surface area contributed by atoms with E-state index in [4.69, 9.17) is 0 Å². The zero-order valence-electron chi connectivity index (χ0n) is 10.7. The normalized spacial score (nSPS) is 14.7. The lowest BCUT2D eigenvalue weighted by Crippen LogP contribution is -2.23. The minimum atomic E-state index is 0.459. The van der Waals surface area contributed by atoms with Gasteiger partial charge in [-0.05, 0) is 30.5 Å². The van der Waals surface area contributed by atoms with Gasteiger partial charge in [0.2, 0.25) is 0 Å². The van der Waals surface area contributed by atoms with E-state index in [1.807, 2.05) is 18.5 Å². The highest BCUT2D eigenvalue weighted by molar-refractivity contribution is 5.13. The van der Waals surface area contributed by atoms with Crippen molar-refractivity contribution < 1.29 is 0 Å². The van der Waals surface area contributed by atoms with E-state index < -0.39 is 0 Å². The number of nitrogens with zero attached hydrogens (tertiary/aromatic N) is 1. The first kappa shape index (κ1) is 13.2. The molecule has 0 saturated carbocycles. The van der Waals surface area contributed by atoms with Gasteiger partial charge in [0.15, 0.2) is 0 Å². The van der Waals surface area contributed by atoms with Crippen molar-refractivity contribution in [3.8, 4) is 0 Å². The molecular weight excluding hydrogens is 196 g/mol. The van der Waals surface area contributed by atoms with E-state index in [9.17, 15) is 0 Å². The van der Waals surface area contributed by atoms with E-state index in [0.29, 0.717) is 6.04 Å². The summed E-state index contributed by atoms with van der Waals surface area (Å²) in [6.07, 6.45) is 7.59. The molecule has 1 aromatic heterocycles. The molecule has 0 aliphatic carbocycles. The van der Waals surface area contributed by atoms with Gasteiger partial charge in [-0.1, -0.05) is 39.7 Å². The van der Waals surface area contributed by atoms with Gasteiger partial charge in [-0.25, -0.2) is 0 Å². The van der Waals surface area contributed by atoms with Crippen LogP contribution in [0.25, 0.3) is 0 Å². The highest BCUT2D eigenvalue weighted by Crippen LogP contribution is 2.23. The average Bonchev–Trinajstić information content (AvgIpc) is 2.30. The molecule has 0 saturated heterocycles. The maximum atomic E-state index is 4.20. The van der Waals surface area contributed by atoms with Gasteiger partial charge in [-0.15, -0.1) is 0 Å². The van der Waals surface area contributed by atoms with E-state index in [1.165, 1.54) is 24.8 Å². The topological polar surface area (TPSA) is 24.9 Å². The zero-order valence-corrected chi connectivity index (χ0v) is 10.7. The monoisotopic (exact) mass is 220 g/mol. The SMILES string of the molecule is CCCC(C)CC(NCC)c1cccnc1. The molecule has 2 heteroatoms. The molecule has 0 aromatic carbocycles. The molecule has 0 spiro atoms. The van der Waals surface area contributed by atoms with E-state index in [2.05, 4.69) is 37.1 Å². The van der Waals surface area contributed by atoms with Gasteiger partial charge in [0.05, 0.1) is 0 Å². The Balaban J connectivity index is 2.60. The van der Waals surface area contributed by atoms with Crippen LogP contribution in [0.1, 0.15) is 51.6 Å². The Labute approximate surface area is 99.5 Å². The van der Waals surface area contributed by atoms with Gasteiger partial charge in [0, 0.05) is 18.4 Å². The molecule has 0 aliphatic rings. The van der Waals surface area contributed by atoms with Gasteiger partial charge in [0.25, 0.3) is 0 Å². The van der Waals surface area contributed by atoms with E-state index in [1.54, 1.807) is 0 Å². The third-order valence-electron chi connectivity index (χ3n) is 2.96. The Morgan fingerprint density at radius 1 is 1.38 bits per heavy atom. The molecule has 0 amide bonds. The summed E-state index contributed by atoms with van der Waals surface area (Å²) in [6.45, 7) is 7.76. The van der Waals surface area contributed by atoms with Gasteiger partial charge in [0.1, 0.15) is 0 Å². The number of rotatable bonds is 7. The molecule has 0 radical (unpaired) electrons. The molecule has 0 bridgehead atoms. The second-order valence-electron chi connectivity index (χ2n) is 4.53. The van der Waals surface area contributed by atoms with Crippen molar-refractivity contribution in [2.24, 2.45) is 5.92 Å². The first-order valence-corrected chi connectivity index (χ1v) is 6.41. The molecule has 90 valence electrons. The number of hydrogen-bond acceptors (Lipinski definition) is 2. The Morgan fingerprint density at radius 2 is 2.19 bits per heavy atom. The summed E-state index contributed by atoms with van der Waals surface area (Å²) in [7, 11) is 0. The van der Waals surface area contributed by atoms with Crippen LogP contribution in [0.4, 0.5) is 0 Å². The van der Waals surface area contributed by atoms with E-state index in [0.717, 1.165) is 12.5 Å². The molecular formula is C14H24N2. The Kier molecular flexibility index (Phi) is 6.09. The van der Waals surface area contributed by atoms with Gasteiger partial charge < -0.3 is 5.32 Å². The molecule has 16 heavy (non-hydrogen) atoms. The largest absolute Gasteiger partial charge is 0.310 e. The van der Waals surface area contributed by atoms with Crippen molar-refractivity contribution in [1.82, 2.24) is 10.3 Å². The van der Waals surface area contributed by atoms with Crippen LogP contribution in [-0.2, 0) is 0 Å². The minimum Gasteiger partial charge on any atom is -0.310 e. The number of aromatic nitrogens is 1. The fourth-order valence-electron chi connectivity index (χ4n) is 2.18. The third-order valence-corrected chi connectivity index (χ3v) is 2.96. The lowest BCUT2D eigenvalue weighted by molar-refractivity contribution is 0.395. The van der Waals surface area contributed by atoms with Crippen LogP contribution in [0.15, 0.2) is 24.5 Å². The third kappa shape index (κ3) is 4.31. The second kappa shape index (κ2) is 7.39. The van der Waals surface area contributed by atoms with Gasteiger partial charge >= 0.3 is 0 Å². The summed E-state index contributed by atoms with van der Waals surface area (Å²) < 4.78 is 0. The van der Waals surface area contributed by atoms with Crippen molar-refractivity contribution in [3.05, 3.63) is 30.1 Å².